The first-order valence-electron chi connectivity index (χ1n) is 7.54. The van der Waals surface area contributed by atoms with Crippen LogP contribution in [0.2, 0.25) is 0 Å². The Balaban J connectivity index is 1.49. The van der Waals surface area contributed by atoms with Gasteiger partial charge in [-0.3, -0.25) is 0 Å². The van der Waals surface area contributed by atoms with Crippen molar-refractivity contribution in [2.75, 3.05) is 0 Å². The minimum atomic E-state index is 0.827. The number of aromatic amines is 2. The normalized spacial score (nSPS) is 10.6. The second kappa shape index (κ2) is 5.89. The molecule has 0 amide bonds. The number of aromatic nitrogens is 2. The SMILES string of the molecule is c1c[nH]c(-c2ccc(Oc3ccc(-c4ccc[nH]4)cc3)cc2)c1. The first kappa shape index (κ1) is 13.5. The largest absolute Gasteiger partial charge is 0.457 e. The van der Waals surface area contributed by atoms with Gasteiger partial charge in [-0.15, -0.1) is 0 Å². The lowest BCUT2D eigenvalue weighted by atomic mass is 10.1. The summed E-state index contributed by atoms with van der Waals surface area (Å²) in [7, 11) is 0. The number of hydrogen-bond donors (Lipinski definition) is 2. The van der Waals surface area contributed by atoms with Crippen molar-refractivity contribution in [1.82, 2.24) is 9.97 Å². The Morgan fingerprint density at radius 1 is 0.522 bits per heavy atom. The van der Waals surface area contributed by atoms with E-state index in [4.69, 9.17) is 4.74 Å². The summed E-state index contributed by atoms with van der Waals surface area (Å²) >= 11 is 0. The van der Waals surface area contributed by atoms with Gasteiger partial charge in [-0.05, 0) is 83.9 Å². The molecule has 23 heavy (non-hydrogen) atoms. The van der Waals surface area contributed by atoms with Gasteiger partial charge in [0.2, 0.25) is 0 Å². The van der Waals surface area contributed by atoms with E-state index in [1.54, 1.807) is 0 Å². The van der Waals surface area contributed by atoms with E-state index in [0.717, 1.165) is 34.0 Å². The van der Waals surface area contributed by atoms with Gasteiger partial charge in [-0.1, -0.05) is 0 Å². The summed E-state index contributed by atoms with van der Waals surface area (Å²) in [4.78, 5) is 6.40. The highest BCUT2D eigenvalue weighted by atomic mass is 16.5. The van der Waals surface area contributed by atoms with E-state index in [1.165, 1.54) is 0 Å². The number of ether oxygens (including phenoxy) is 1. The van der Waals surface area contributed by atoms with Crippen LogP contribution in [-0.2, 0) is 0 Å². The van der Waals surface area contributed by atoms with Crippen molar-refractivity contribution in [3.63, 3.8) is 0 Å². The molecule has 4 rings (SSSR count). The van der Waals surface area contributed by atoms with Crippen LogP contribution < -0.4 is 4.74 Å². The van der Waals surface area contributed by atoms with Gasteiger partial charge in [-0.25, -0.2) is 0 Å². The molecule has 0 saturated carbocycles. The minimum absolute atomic E-state index is 0.827. The van der Waals surface area contributed by atoms with Crippen molar-refractivity contribution < 1.29 is 4.74 Å². The third kappa shape index (κ3) is 2.90. The predicted molar refractivity (Wildman–Crippen MR) is 92.5 cm³/mol. The molecule has 0 saturated heterocycles. The molecule has 3 nitrogen and oxygen atoms in total. The summed E-state index contributed by atoms with van der Waals surface area (Å²) in [5.41, 5.74) is 4.49. The van der Waals surface area contributed by atoms with E-state index in [0.29, 0.717) is 0 Å². The number of rotatable bonds is 4. The van der Waals surface area contributed by atoms with E-state index >= 15 is 0 Å². The molecule has 0 aliphatic rings. The molecule has 2 heterocycles. The summed E-state index contributed by atoms with van der Waals surface area (Å²) in [6.45, 7) is 0. The fourth-order valence-electron chi connectivity index (χ4n) is 2.56. The fourth-order valence-corrected chi connectivity index (χ4v) is 2.56. The van der Waals surface area contributed by atoms with Crippen LogP contribution in [0.3, 0.4) is 0 Å². The van der Waals surface area contributed by atoms with Gasteiger partial charge in [0.05, 0.1) is 0 Å². The van der Waals surface area contributed by atoms with E-state index in [-0.39, 0.29) is 0 Å². The van der Waals surface area contributed by atoms with Crippen molar-refractivity contribution in [3.8, 4) is 34.0 Å². The van der Waals surface area contributed by atoms with Crippen LogP contribution in [0.4, 0.5) is 0 Å². The Kier molecular flexibility index (Phi) is 3.45. The second-order valence-corrected chi connectivity index (χ2v) is 5.32. The Hall–Kier alpha value is -3.20. The molecule has 0 unspecified atom stereocenters. The molecule has 2 aromatic carbocycles. The van der Waals surface area contributed by atoms with Crippen LogP contribution in [0.5, 0.6) is 11.5 Å². The highest BCUT2D eigenvalue weighted by molar-refractivity contribution is 5.61. The van der Waals surface area contributed by atoms with Gasteiger partial charge >= 0.3 is 0 Å². The number of nitrogens with one attached hydrogen (secondary N) is 2. The van der Waals surface area contributed by atoms with Crippen LogP contribution in [0.25, 0.3) is 22.5 Å². The van der Waals surface area contributed by atoms with E-state index in [1.807, 2.05) is 48.8 Å². The standard InChI is InChI=1S/C20H16N2O/c1-3-19(21-13-1)15-5-9-17(10-6-15)23-18-11-7-16(8-12-18)20-4-2-14-22-20/h1-14,21-22H. The number of benzene rings is 2. The predicted octanol–water partition coefficient (Wildman–Crippen LogP) is 5.47. The van der Waals surface area contributed by atoms with Gasteiger partial charge in [-0.2, -0.15) is 0 Å². The monoisotopic (exact) mass is 300 g/mol. The highest BCUT2D eigenvalue weighted by Crippen LogP contribution is 2.27. The van der Waals surface area contributed by atoms with Crippen LogP contribution in [0, 0.1) is 0 Å². The molecule has 0 radical (unpaired) electrons. The van der Waals surface area contributed by atoms with E-state index in [9.17, 15) is 0 Å². The molecule has 2 aromatic heterocycles. The van der Waals surface area contributed by atoms with Crippen molar-refractivity contribution in [3.05, 3.63) is 85.2 Å². The summed E-state index contributed by atoms with van der Waals surface area (Å²) in [5, 5.41) is 0. The van der Waals surface area contributed by atoms with Crippen LogP contribution in [0.15, 0.2) is 85.2 Å². The summed E-state index contributed by atoms with van der Waals surface area (Å²) in [5.74, 6) is 1.65. The van der Waals surface area contributed by atoms with Crippen molar-refractivity contribution in [1.29, 1.82) is 0 Å². The Morgan fingerprint density at radius 2 is 0.957 bits per heavy atom. The van der Waals surface area contributed by atoms with Crippen LogP contribution in [-0.4, -0.2) is 9.97 Å². The maximum Gasteiger partial charge on any atom is 0.127 e. The molecule has 3 heteroatoms. The molecule has 4 aromatic rings. The first-order valence-corrected chi connectivity index (χ1v) is 7.54. The average Bonchev–Trinajstić information content (AvgIpc) is 3.30. The molecule has 2 N–H and O–H groups in total. The maximum atomic E-state index is 5.90. The van der Waals surface area contributed by atoms with Gasteiger partial charge in [0, 0.05) is 23.8 Å². The summed E-state index contributed by atoms with van der Waals surface area (Å²) in [6.07, 6.45) is 3.84. The van der Waals surface area contributed by atoms with Crippen molar-refractivity contribution in [2.45, 2.75) is 0 Å². The Morgan fingerprint density at radius 3 is 1.30 bits per heavy atom. The molecule has 0 atom stereocenters. The Bertz CT molecular complexity index is 783. The zero-order valence-corrected chi connectivity index (χ0v) is 12.5. The molecule has 0 spiro atoms. The number of hydrogen-bond acceptors (Lipinski definition) is 1. The lowest BCUT2D eigenvalue weighted by molar-refractivity contribution is 0.483. The molecular formula is C20H16N2O. The summed E-state index contributed by atoms with van der Waals surface area (Å²) < 4.78 is 5.90. The third-order valence-corrected chi connectivity index (χ3v) is 3.76. The van der Waals surface area contributed by atoms with Gasteiger partial charge < -0.3 is 14.7 Å². The van der Waals surface area contributed by atoms with E-state index in [2.05, 4.69) is 46.4 Å². The topological polar surface area (TPSA) is 40.8 Å². The molecule has 0 aliphatic carbocycles. The lowest BCUT2D eigenvalue weighted by Crippen LogP contribution is -1.85. The summed E-state index contributed by atoms with van der Waals surface area (Å²) in [6, 6.07) is 24.2. The molecule has 0 aliphatic heterocycles. The van der Waals surface area contributed by atoms with Crippen molar-refractivity contribution >= 4 is 0 Å². The third-order valence-electron chi connectivity index (χ3n) is 3.76. The highest BCUT2D eigenvalue weighted by Gasteiger charge is 2.02. The Labute approximate surface area is 134 Å². The van der Waals surface area contributed by atoms with Crippen molar-refractivity contribution in [2.24, 2.45) is 0 Å². The number of H-pyrrole nitrogens is 2. The zero-order valence-electron chi connectivity index (χ0n) is 12.5. The molecule has 112 valence electrons. The average molecular weight is 300 g/mol. The minimum Gasteiger partial charge on any atom is -0.457 e. The smallest absolute Gasteiger partial charge is 0.127 e. The first-order chi connectivity index (χ1) is 11.4. The van der Waals surface area contributed by atoms with Gasteiger partial charge in [0.15, 0.2) is 0 Å². The quantitative estimate of drug-likeness (QED) is 0.515. The zero-order chi connectivity index (χ0) is 15.5. The lowest BCUT2D eigenvalue weighted by Gasteiger charge is -2.07. The fraction of sp³-hybridized carbons (Fsp3) is 0. The second-order valence-electron chi connectivity index (χ2n) is 5.32. The molecule has 0 fully saturated rings. The van der Waals surface area contributed by atoms with Gasteiger partial charge in [0.25, 0.3) is 0 Å². The van der Waals surface area contributed by atoms with E-state index < -0.39 is 0 Å². The van der Waals surface area contributed by atoms with Gasteiger partial charge in [0.1, 0.15) is 11.5 Å². The van der Waals surface area contributed by atoms with Crippen LogP contribution in [0.1, 0.15) is 0 Å². The molecular weight excluding hydrogens is 284 g/mol. The maximum absolute atomic E-state index is 5.90. The van der Waals surface area contributed by atoms with Crippen LogP contribution >= 0.6 is 0 Å². The molecule has 0 bridgehead atoms.